The zero-order valence-corrected chi connectivity index (χ0v) is 15.1. The van der Waals surface area contributed by atoms with Gasteiger partial charge in [-0.25, -0.2) is 9.97 Å². The molecule has 2 aromatic heterocycles. The number of aryl methyl sites for hydroxylation is 1. The largest absolute Gasteiger partial charge is 0.384 e. The number of pyridine rings is 1. The Balaban J connectivity index is 1.97. The maximum Gasteiger partial charge on any atom is 0.217 e. The number of anilines is 1. The number of fused-ring (bicyclic) bond motifs is 3. The fourth-order valence-corrected chi connectivity index (χ4v) is 3.28. The number of hydrogen-bond acceptors (Lipinski definition) is 5. The maximum absolute atomic E-state index is 10.9. The molecule has 0 aliphatic heterocycles. The van der Waals surface area contributed by atoms with Gasteiger partial charge in [0.1, 0.15) is 11.3 Å². The first-order chi connectivity index (χ1) is 12.6. The lowest BCUT2D eigenvalue weighted by Gasteiger charge is -2.11. The SMILES string of the molecule is COCCc1nc2c(N)nc3ccccc3c2n1CCCCCC(N)=O. The van der Waals surface area contributed by atoms with Crippen molar-refractivity contribution in [2.45, 2.75) is 38.6 Å². The molecule has 7 heteroatoms. The third-order valence-corrected chi connectivity index (χ3v) is 4.52. The van der Waals surface area contributed by atoms with Gasteiger partial charge in [-0.3, -0.25) is 4.79 Å². The van der Waals surface area contributed by atoms with Crippen molar-refractivity contribution < 1.29 is 9.53 Å². The predicted molar refractivity (Wildman–Crippen MR) is 103 cm³/mol. The van der Waals surface area contributed by atoms with E-state index < -0.39 is 0 Å². The van der Waals surface area contributed by atoms with Gasteiger partial charge in [-0.2, -0.15) is 0 Å². The molecule has 0 spiro atoms. The van der Waals surface area contributed by atoms with Crippen LogP contribution in [0.3, 0.4) is 0 Å². The Labute approximate surface area is 152 Å². The van der Waals surface area contributed by atoms with Gasteiger partial charge < -0.3 is 20.8 Å². The summed E-state index contributed by atoms with van der Waals surface area (Å²) in [6.45, 7) is 1.40. The monoisotopic (exact) mass is 355 g/mol. The number of carbonyl (C=O) groups excluding carboxylic acids is 1. The van der Waals surface area contributed by atoms with Gasteiger partial charge in [-0.1, -0.05) is 24.6 Å². The number of rotatable bonds is 9. The van der Waals surface area contributed by atoms with Gasteiger partial charge >= 0.3 is 0 Å². The van der Waals surface area contributed by atoms with Crippen LogP contribution in [0.1, 0.15) is 31.5 Å². The van der Waals surface area contributed by atoms with Crippen molar-refractivity contribution >= 4 is 33.7 Å². The molecule has 0 aliphatic rings. The molecule has 4 N–H and O–H groups in total. The summed E-state index contributed by atoms with van der Waals surface area (Å²) in [5.41, 5.74) is 14.0. The van der Waals surface area contributed by atoms with Crippen molar-refractivity contribution in [3.8, 4) is 0 Å². The lowest BCUT2D eigenvalue weighted by Crippen LogP contribution is -2.10. The van der Waals surface area contributed by atoms with Crippen LogP contribution in [0.2, 0.25) is 0 Å². The molecule has 138 valence electrons. The van der Waals surface area contributed by atoms with Crippen LogP contribution in [0.15, 0.2) is 24.3 Å². The summed E-state index contributed by atoms with van der Waals surface area (Å²) in [5.74, 6) is 1.15. The van der Waals surface area contributed by atoms with E-state index in [1.54, 1.807) is 7.11 Å². The van der Waals surface area contributed by atoms with Crippen molar-refractivity contribution in [3.05, 3.63) is 30.1 Å². The summed E-state index contributed by atoms with van der Waals surface area (Å²) in [5, 5.41) is 1.05. The number of para-hydroxylation sites is 1. The van der Waals surface area contributed by atoms with Crippen LogP contribution < -0.4 is 11.5 Å². The molecule has 0 saturated carbocycles. The van der Waals surface area contributed by atoms with Crippen LogP contribution in [0.25, 0.3) is 21.9 Å². The summed E-state index contributed by atoms with van der Waals surface area (Å²) in [4.78, 5) is 20.1. The molecule has 7 nitrogen and oxygen atoms in total. The van der Waals surface area contributed by atoms with Crippen LogP contribution in [-0.4, -0.2) is 34.2 Å². The van der Waals surface area contributed by atoms with Crippen LogP contribution in [0.4, 0.5) is 5.82 Å². The number of nitrogens with zero attached hydrogens (tertiary/aromatic N) is 3. The van der Waals surface area contributed by atoms with Gasteiger partial charge in [-0.15, -0.1) is 0 Å². The van der Waals surface area contributed by atoms with Gasteiger partial charge in [0.2, 0.25) is 5.91 Å². The minimum atomic E-state index is -0.247. The second kappa shape index (κ2) is 8.14. The number of amides is 1. The Bertz CT molecular complexity index is 919. The molecule has 0 radical (unpaired) electrons. The fraction of sp³-hybridized carbons (Fsp3) is 0.421. The maximum atomic E-state index is 10.9. The van der Waals surface area contributed by atoms with Gasteiger partial charge in [0.25, 0.3) is 0 Å². The van der Waals surface area contributed by atoms with E-state index in [0.29, 0.717) is 25.3 Å². The van der Waals surface area contributed by atoms with Gasteiger partial charge in [0, 0.05) is 31.9 Å². The molecule has 0 aliphatic carbocycles. The lowest BCUT2D eigenvalue weighted by molar-refractivity contribution is -0.118. The highest BCUT2D eigenvalue weighted by molar-refractivity contribution is 6.06. The average molecular weight is 355 g/mol. The lowest BCUT2D eigenvalue weighted by atomic mass is 10.1. The van der Waals surface area contributed by atoms with Gasteiger partial charge in [0.05, 0.1) is 17.6 Å². The number of imidazole rings is 1. The van der Waals surface area contributed by atoms with E-state index in [4.69, 9.17) is 21.2 Å². The molecule has 0 saturated heterocycles. The molecule has 2 heterocycles. The Morgan fingerprint density at radius 3 is 2.77 bits per heavy atom. The minimum Gasteiger partial charge on any atom is -0.384 e. The molecule has 0 fully saturated rings. The minimum absolute atomic E-state index is 0.247. The number of nitrogen functional groups attached to an aromatic ring is 1. The van der Waals surface area contributed by atoms with Crippen LogP contribution >= 0.6 is 0 Å². The van der Waals surface area contributed by atoms with Gasteiger partial charge in [-0.05, 0) is 18.9 Å². The summed E-state index contributed by atoms with van der Waals surface area (Å²) < 4.78 is 7.45. The number of primary amides is 1. The number of benzene rings is 1. The van der Waals surface area contributed by atoms with E-state index in [1.807, 2.05) is 18.2 Å². The summed E-state index contributed by atoms with van der Waals surface area (Å²) in [7, 11) is 1.68. The van der Waals surface area contributed by atoms with E-state index in [2.05, 4.69) is 15.6 Å². The Morgan fingerprint density at radius 1 is 1.19 bits per heavy atom. The highest BCUT2D eigenvalue weighted by Crippen LogP contribution is 2.29. The number of carbonyl (C=O) groups is 1. The zero-order valence-electron chi connectivity index (χ0n) is 15.1. The number of ether oxygens (including phenoxy) is 1. The molecular weight excluding hydrogens is 330 g/mol. The zero-order chi connectivity index (χ0) is 18.5. The van der Waals surface area contributed by atoms with E-state index in [0.717, 1.165) is 53.6 Å². The Hall–Kier alpha value is -2.67. The number of unbranched alkanes of at least 4 members (excludes halogenated alkanes) is 2. The number of hydrogen-bond donors (Lipinski definition) is 2. The Morgan fingerprint density at radius 2 is 2.00 bits per heavy atom. The molecular formula is C19H25N5O2. The van der Waals surface area contributed by atoms with Crippen LogP contribution in [-0.2, 0) is 22.5 Å². The van der Waals surface area contributed by atoms with Crippen LogP contribution in [0, 0.1) is 0 Å². The summed E-state index contributed by atoms with van der Waals surface area (Å²) in [6.07, 6.45) is 3.82. The van der Waals surface area contributed by atoms with Crippen molar-refractivity contribution in [1.29, 1.82) is 0 Å². The number of methoxy groups -OCH3 is 1. The third kappa shape index (κ3) is 3.77. The van der Waals surface area contributed by atoms with E-state index in [9.17, 15) is 4.79 Å². The third-order valence-electron chi connectivity index (χ3n) is 4.52. The quantitative estimate of drug-likeness (QED) is 0.573. The highest BCUT2D eigenvalue weighted by Gasteiger charge is 2.16. The predicted octanol–water partition coefficient (Wildman–Crippen LogP) is 2.40. The van der Waals surface area contributed by atoms with Crippen molar-refractivity contribution in [1.82, 2.24) is 14.5 Å². The molecule has 0 unspecified atom stereocenters. The van der Waals surface area contributed by atoms with E-state index >= 15 is 0 Å². The Kier molecular flexibility index (Phi) is 5.68. The molecule has 0 atom stereocenters. The second-order valence-electron chi connectivity index (χ2n) is 6.41. The highest BCUT2D eigenvalue weighted by atomic mass is 16.5. The first-order valence-electron chi connectivity index (χ1n) is 8.92. The van der Waals surface area contributed by atoms with E-state index in [1.165, 1.54) is 0 Å². The molecule has 26 heavy (non-hydrogen) atoms. The van der Waals surface area contributed by atoms with Crippen molar-refractivity contribution in [2.75, 3.05) is 19.5 Å². The summed E-state index contributed by atoms with van der Waals surface area (Å²) >= 11 is 0. The topological polar surface area (TPSA) is 109 Å². The van der Waals surface area contributed by atoms with Crippen molar-refractivity contribution in [2.24, 2.45) is 5.73 Å². The number of aromatic nitrogens is 3. The molecule has 3 aromatic rings. The second-order valence-corrected chi connectivity index (χ2v) is 6.41. The number of nitrogens with two attached hydrogens (primary N) is 2. The molecule has 3 rings (SSSR count). The van der Waals surface area contributed by atoms with E-state index in [-0.39, 0.29) is 5.91 Å². The smallest absolute Gasteiger partial charge is 0.217 e. The fourth-order valence-electron chi connectivity index (χ4n) is 3.28. The van der Waals surface area contributed by atoms with Crippen LogP contribution in [0.5, 0.6) is 0 Å². The standard InChI is InChI=1S/C19H25N5O2/c1-26-12-10-16-23-17-18(24(16)11-6-2-3-9-15(20)25)13-7-4-5-8-14(13)22-19(17)21/h4-5,7-8H,2-3,6,9-12H2,1H3,(H2,20,25)(H2,21,22). The molecule has 1 amide bonds. The average Bonchev–Trinajstić information content (AvgIpc) is 2.99. The summed E-state index contributed by atoms with van der Waals surface area (Å²) in [6, 6.07) is 7.97. The van der Waals surface area contributed by atoms with Crippen molar-refractivity contribution in [3.63, 3.8) is 0 Å². The first-order valence-corrected chi connectivity index (χ1v) is 8.92. The van der Waals surface area contributed by atoms with Gasteiger partial charge in [0.15, 0.2) is 5.82 Å². The molecule has 1 aromatic carbocycles. The molecule has 0 bridgehead atoms. The first kappa shape index (κ1) is 18.1. The normalized spacial score (nSPS) is 11.4.